The highest BCUT2D eigenvalue weighted by atomic mass is 35.5. The summed E-state index contributed by atoms with van der Waals surface area (Å²) < 4.78 is 49.1. The van der Waals surface area contributed by atoms with E-state index in [1.165, 1.54) is 12.4 Å². The highest BCUT2D eigenvalue weighted by Crippen LogP contribution is 2.32. The topological polar surface area (TPSA) is 127 Å². The maximum Gasteiger partial charge on any atom is 0.491 e. The summed E-state index contributed by atoms with van der Waals surface area (Å²) in [4.78, 5) is 37.4. The van der Waals surface area contributed by atoms with E-state index in [2.05, 4.69) is 35.6 Å². The number of alkyl halides is 3. The first-order valence-electron chi connectivity index (χ1n) is 13.0. The van der Waals surface area contributed by atoms with Gasteiger partial charge in [0.05, 0.1) is 16.2 Å². The third-order valence-corrected chi connectivity index (χ3v) is 6.65. The number of esters is 1. The normalized spacial score (nSPS) is 13.3. The number of rotatable bonds is 8. The van der Waals surface area contributed by atoms with Crippen molar-refractivity contribution in [3.05, 3.63) is 89.2 Å². The van der Waals surface area contributed by atoms with Crippen LogP contribution < -0.4 is 20.7 Å². The van der Waals surface area contributed by atoms with Crippen LogP contribution in [0.1, 0.15) is 18.5 Å². The van der Waals surface area contributed by atoms with Gasteiger partial charge in [-0.15, -0.1) is 0 Å². The molecular formula is C29H24ClF3N6O4. The zero-order valence-electron chi connectivity index (χ0n) is 22.4. The summed E-state index contributed by atoms with van der Waals surface area (Å²) in [6.07, 6.45) is -1.73. The fraction of sp³-hybridized carbons (Fsp3) is 0.207. The van der Waals surface area contributed by atoms with Crippen LogP contribution in [0.5, 0.6) is 5.75 Å². The van der Waals surface area contributed by atoms with Gasteiger partial charge in [-0.1, -0.05) is 17.7 Å². The van der Waals surface area contributed by atoms with Crippen molar-refractivity contribution < 1.29 is 32.2 Å². The second-order valence-corrected chi connectivity index (χ2v) is 9.77. The zero-order chi connectivity index (χ0) is 30.4. The van der Waals surface area contributed by atoms with Crippen molar-refractivity contribution in [3.63, 3.8) is 0 Å². The van der Waals surface area contributed by atoms with Crippen LogP contribution >= 0.6 is 11.6 Å². The number of ether oxygens (including phenoxy) is 2. The summed E-state index contributed by atoms with van der Waals surface area (Å²) in [5.41, 5.74) is 2.39. The first kappa shape index (κ1) is 29.7. The average molecular weight is 613 g/mol. The number of carbonyl (C=O) groups excluding carboxylic acids is 2. The van der Waals surface area contributed by atoms with E-state index in [0.717, 1.165) is 5.69 Å². The summed E-state index contributed by atoms with van der Waals surface area (Å²) in [6, 6.07) is 15.3. The molecule has 2 aromatic carbocycles. The molecule has 0 spiro atoms. The van der Waals surface area contributed by atoms with E-state index in [1.807, 2.05) is 18.2 Å². The monoisotopic (exact) mass is 612 g/mol. The van der Waals surface area contributed by atoms with Crippen molar-refractivity contribution in [1.29, 1.82) is 0 Å². The van der Waals surface area contributed by atoms with E-state index < -0.39 is 23.8 Å². The van der Waals surface area contributed by atoms with Gasteiger partial charge < -0.3 is 25.4 Å². The van der Waals surface area contributed by atoms with Crippen LogP contribution in [0.4, 0.5) is 30.4 Å². The minimum absolute atomic E-state index is 0.224. The van der Waals surface area contributed by atoms with Gasteiger partial charge in [0.25, 0.3) is 5.91 Å². The molecule has 0 atom stereocenters. The number of carbonyl (C=O) groups is 2. The van der Waals surface area contributed by atoms with Crippen LogP contribution in [0.2, 0.25) is 5.02 Å². The van der Waals surface area contributed by atoms with Crippen molar-refractivity contribution in [3.8, 4) is 5.75 Å². The number of pyridine rings is 1. The lowest BCUT2D eigenvalue weighted by Gasteiger charge is -2.20. The molecule has 43 heavy (non-hydrogen) atoms. The fourth-order valence-corrected chi connectivity index (χ4v) is 4.51. The number of hydrogen-bond donors (Lipinski definition) is 3. The van der Waals surface area contributed by atoms with Gasteiger partial charge in [-0.2, -0.15) is 13.2 Å². The third kappa shape index (κ3) is 7.56. The molecule has 222 valence electrons. The van der Waals surface area contributed by atoms with Crippen LogP contribution in [-0.4, -0.2) is 46.1 Å². The summed E-state index contributed by atoms with van der Waals surface area (Å²) in [5, 5.41) is 9.58. The number of fused-ring (bicyclic) bond motifs is 1. The Balaban J connectivity index is 1.35. The second kappa shape index (κ2) is 13.0. The Morgan fingerprint density at radius 2 is 1.77 bits per heavy atom. The van der Waals surface area contributed by atoms with Gasteiger partial charge >= 0.3 is 12.1 Å². The zero-order valence-corrected chi connectivity index (χ0v) is 23.1. The predicted octanol–water partition coefficient (Wildman–Crippen LogP) is 5.68. The molecule has 1 aliphatic rings. The number of hydrogen-bond acceptors (Lipinski definition) is 9. The molecule has 0 unspecified atom stereocenters. The smallest absolute Gasteiger partial charge is 0.486 e. The Bertz CT molecular complexity index is 1680. The van der Waals surface area contributed by atoms with Gasteiger partial charge in [0.2, 0.25) is 0 Å². The van der Waals surface area contributed by atoms with Gasteiger partial charge in [-0.05, 0) is 80.0 Å². The highest BCUT2D eigenvalue weighted by Gasteiger charge is 2.43. The van der Waals surface area contributed by atoms with Gasteiger partial charge in [0, 0.05) is 23.0 Å². The molecule has 4 aromatic rings. The van der Waals surface area contributed by atoms with Crippen LogP contribution in [0.15, 0.2) is 78.5 Å². The minimum Gasteiger partial charge on any atom is -0.486 e. The number of amides is 1. The van der Waals surface area contributed by atoms with Gasteiger partial charge in [-0.3, -0.25) is 9.78 Å². The fourth-order valence-electron chi connectivity index (χ4n) is 4.27. The maximum atomic E-state index is 13.1. The molecule has 2 aromatic heterocycles. The molecule has 1 amide bonds. The lowest BCUT2D eigenvalue weighted by Crippen LogP contribution is -2.31. The van der Waals surface area contributed by atoms with E-state index in [4.69, 9.17) is 16.3 Å². The van der Waals surface area contributed by atoms with Crippen LogP contribution in [-0.2, 0) is 20.9 Å². The molecule has 1 aliphatic heterocycles. The number of aromatic nitrogens is 3. The standard InChI is InChI=1S/C29H24ClF3N6O4/c30-22-14-19(5-7-24(22)42-15-20-3-1-2-10-35-20)38-26-21-13-18(4-6-23(21)36-16-37-26)39-27(40)25(17-8-11-34-12-9-17)43-28(41)29(31,32)33/h1-7,10,13-14,16,34H,8-9,11-12,15H2,(H,39,40)(H,36,37,38). The molecule has 0 radical (unpaired) electrons. The molecule has 0 aliphatic carbocycles. The van der Waals surface area contributed by atoms with Crippen molar-refractivity contribution in [2.24, 2.45) is 0 Å². The van der Waals surface area contributed by atoms with E-state index in [9.17, 15) is 22.8 Å². The van der Waals surface area contributed by atoms with Gasteiger partial charge in [0.15, 0.2) is 5.76 Å². The van der Waals surface area contributed by atoms with Gasteiger partial charge in [0.1, 0.15) is 24.5 Å². The number of nitrogens with zero attached hydrogens (tertiary/aromatic N) is 3. The van der Waals surface area contributed by atoms with Crippen LogP contribution in [0.25, 0.3) is 10.9 Å². The van der Waals surface area contributed by atoms with Gasteiger partial charge in [-0.25, -0.2) is 14.8 Å². The molecule has 14 heteroatoms. The van der Waals surface area contributed by atoms with Crippen molar-refractivity contribution in [2.75, 3.05) is 23.7 Å². The Kier molecular flexibility index (Phi) is 9.02. The van der Waals surface area contributed by atoms with Crippen molar-refractivity contribution >= 4 is 51.6 Å². The molecule has 1 fully saturated rings. The van der Waals surface area contributed by atoms with E-state index >= 15 is 0 Å². The first-order chi connectivity index (χ1) is 20.7. The second-order valence-electron chi connectivity index (χ2n) is 9.36. The number of halogens is 4. The number of piperidine rings is 1. The molecule has 5 rings (SSSR count). The summed E-state index contributed by atoms with van der Waals surface area (Å²) in [5.74, 6) is -3.27. The lowest BCUT2D eigenvalue weighted by molar-refractivity contribution is -0.195. The molecule has 1 saturated heterocycles. The highest BCUT2D eigenvalue weighted by molar-refractivity contribution is 6.32. The van der Waals surface area contributed by atoms with Crippen molar-refractivity contribution in [1.82, 2.24) is 20.3 Å². The van der Waals surface area contributed by atoms with E-state index in [0.29, 0.717) is 51.8 Å². The first-order valence-corrected chi connectivity index (χ1v) is 13.4. The largest absolute Gasteiger partial charge is 0.491 e. The molecule has 3 N–H and O–H groups in total. The quantitative estimate of drug-likeness (QED) is 0.131. The summed E-state index contributed by atoms with van der Waals surface area (Å²) >= 11 is 6.44. The number of nitrogens with one attached hydrogen (secondary N) is 3. The summed E-state index contributed by atoms with van der Waals surface area (Å²) in [7, 11) is 0. The average Bonchev–Trinajstić information content (AvgIpc) is 3.00. The molecule has 3 heterocycles. The maximum absolute atomic E-state index is 13.1. The minimum atomic E-state index is -5.26. The Morgan fingerprint density at radius 3 is 2.49 bits per heavy atom. The Labute approximate surface area is 248 Å². The lowest BCUT2D eigenvalue weighted by atomic mass is 10.0. The molecule has 0 bridgehead atoms. The van der Waals surface area contributed by atoms with E-state index in [1.54, 1.807) is 36.5 Å². The third-order valence-electron chi connectivity index (χ3n) is 6.35. The van der Waals surface area contributed by atoms with Crippen LogP contribution in [0.3, 0.4) is 0 Å². The molecular weight excluding hydrogens is 589 g/mol. The van der Waals surface area contributed by atoms with E-state index in [-0.39, 0.29) is 25.1 Å². The Hall–Kier alpha value is -4.75. The predicted molar refractivity (Wildman–Crippen MR) is 153 cm³/mol. The number of anilines is 3. The molecule has 0 saturated carbocycles. The number of benzene rings is 2. The summed E-state index contributed by atoms with van der Waals surface area (Å²) in [6.45, 7) is 1.10. The SMILES string of the molecule is O=C(Nc1ccc2ncnc(Nc3ccc(OCc4ccccn4)c(Cl)c3)c2c1)C(OC(=O)C(F)(F)F)=C1CCNCC1. The van der Waals surface area contributed by atoms with Crippen molar-refractivity contribution in [2.45, 2.75) is 25.6 Å². The van der Waals surface area contributed by atoms with Crippen LogP contribution in [0, 0.1) is 0 Å². The Morgan fingerprint density at radius 1 is 0.977 bits per heavy atom. The molecule has 10 nitrogen and oxygen atoms in total.